The summed E-state index contributed by atoms with van der Waals surface area (Å²) in [6, 6.07) is 9.90. The van der Waals surface area contributed by atoms with Crippen molar-refractivity contribution in [1.29, 1.82) is 0 Å². The first-order valence-corrected chi connectivity index (χ1v) is 13.2. The van der Waals surface area contributed by atoms with Crippen molar-refractivity contribution in [2.24, 2.45) is 5.92 Å². The Labute approximate surface area is 209 Å². The van der Waals surface area contributed by atoms with E-state index in [1.54, 1.807) is 17.5 Å². The van der Waals surface area contributed by atoms with Crippen LogP contribution in [0.2, 0.25) is 0 Å². The molecule has 9 heteroatoms. The maximum absolute atomic E-state index is 12.7. The number of anilines is 2. The highest BCUT2D eigenvalue weighted by atomic mass is 32.1. The number of aliphatic hydroxyl groups excluding tert-OH is 1. The van der Waals surface area contributed by atoms with E-state index >= 15 is 0 Å². The molecule has 0 bridgehead atoms. The van der Waals surface area contributed by atoms with Gasteiger partial charge in [0.1, 0.15) is 11.6 Å². The zero-order valence-corrected chi connectivity index (χ0v) is 20.8. The van der Waals surface area contributed by atoms with Crippen LogP contribution in [0.15, 0.2) is 42.7 Å². The SMILES string of the molecule is Cc1ccnc(Nc2cccc(-c3cnc([C@H]4CC[C@H](C(=O)NN5CCC(O)CC5)CC4)s3)n2)c1. The molecular weight excluding hydrogens is 460 g/mol. The van der Waals surface area contributed by atoms with Gasteiger partial charge in [0.15, 0.2) is 0 Å². The first-order chi connectivity index (χ1) is 17.0. The fraction of sp³-hybridized carbons (Fsp3) is 0.462. The second-order valence-corrected chi connectivity index (χ2v) is 10.6. The molecule has 1 aliphatic heterocycles. The van der Waals surface area contributed by atoms with Crippen molar-refractivity contribution < 1.29 is 9.90 Å². The molecule has 0 radical (unpaired) electrons. The van der Waals surface area contributed by atoms with Gasteiger partial charge in [0.2, 0.25) is 5.91 Å². The molecule has 8 nitrogen and oxygen atoms in total. The molecule has 0 spiro atoms. The van der Waals surface area contributed by atoms with Gasteiger partial charge >= 0.3 is 0 Å². The molecule has 0 unspecified atom stereocenters. The van der Waals surface area contributed by atoms with Crippen molar-refractivity contribution in [2.75, 3.05) is 18.4 Å². The predicted molar refractivity (Wildman–Crippen MR) is 137 cm³/mol. The highest BCUT2D eigenvalue weighted by molar-refractivity contribution is 7.15. The van der Waals surface area contributed by atoms with Crippen molar-refractivity contribution in [1.82, 2.24) is 25.4 Å². The van der Waals surface area contributed by atoms with E-state index in [1.165, 1.54) is 0 Å². The Kier molecular flexibility index (Phi) is 7.36. The second-order valence-electron chi connectivity index (χ2n) is 9.56. The maximum atomic E-state index is 12.7. The normalized spacial score (nSPS) is 21.5. The molecule has 1 amide bonds. The summed E-state index contributed by atoms with van der Waals surface area (Å²) in [5.74, 6) is 2.10. The molecular formula is C26H32N6O2S. The lowest BCUT2D eigenvalue weighted by Gasteiger charge is -2.32. The quantitative estimate of drug-likeness (QED) is 0.468. The monoisotopic (exact) mass is 492 g/mol. The number of aromatic nitrogens is 3. The molecule has 184 valence electrons. The maximum Gasteiger partial charge on any atom is 0.237 e. The van der Waals surface area contributed by atoms with Gasteiger partial charge < -0.3 is 10.4 Å². The summed E-state index contributed by atoms with van der Waals surface area (Å²) in [4.78, 5) is 27.6. The Morgan fingerprint density at radius 2 is 1.86 bits per heavy atom. The average molecular weight is 493 g/mol. The molecule has 2 fully saturated rings. The number of rotatable bonds is 6. The third kappa shape index (κ3) is 6.04. The lowest BCUT2D eigenvalue weighted by Crippen LogP contribution is -2.49. The van der Waals surface area contributed by atoms with Crippen LogP contribution in [0.25, 0.3) is 10.6 Å². The van der Waals surface area contributed by atoms with Crippen LogP contribution in [0.3, 0.4) is 0 Å². The highest BCUT2D eigenvalue weighted by Gasteiger charge is 2.30. The number of nitrogens with zero attached hydrogens (tertiary/aromatic N) is 4. The highest BCUT2D eigenvalue weighted by Crippen LogP contribution is 2.39. The Morgan fingerprint density at radius 1 is 1.06 bits per heavy atom. The number of amides is 1. The lowest BCUT2D eigenvalue weighted by molar-refractivity contribution is -0.132. The minimum atomic E-state index is -0.235. The van der Waals surface area contributed by atoms with Crippen molar-refractivity contribution >= 4 is 28.9 Å². The molecule has 3 N–H and O–H groups in total. The number of hydrogen-bond acceptors (Lipinski definition) is 8. The average Bonchev–Trinajstić information content (AvgIpc) is 3.36. The van der Waals surface area contributed by atoms with Crippen LogP contribution in [0.1, 0.15) is 55.0 Å². The number of thiazole rings is 1. The van der Waals surface area contributed by atoms with E-state index in [0.717, 1.165) is 84.4 Å². The third-order valence-corrected chi connectivity index (χ3v) is 8.06. The first-order valence-electron chi connectivity index (χ1n) is 12.4. The fourth-order valence-electron chi connectivity index (χ4n) is 4.80. The van der Waals surface area contributed by atoms with Crippen molar-refractivity contribution in [3.8, 4) is 10.6 Å². The van der Waals surface area contributed by atoms with E-state index in [1.807, 2.05) is 48.5 Å². The van der Waals surface area contributed by atoms with Crippen LogP contribution in [0.4, 0.5) is 11.6 Å². The molecule has 4 heterocycles. The van der Waals surface area contributed by atoms with Crippen molar-refractivity contribution in [2.45, 2.75) is 57.5 Å². The number of piperidine rings is 1. The fourth-order valence-corrected chi connectivity index (χ4v) is 5.86. The number of nitrogens with one attached hydrogen (secondary N) is 2. The molecule has 35 heavy (non-hydrogen) atoms. The van der Waals surface area contributed by atoms with Gasteiger partial charge in [-0.15, -0.1) is 11.3 Å². The Morgan fingerprint density at radius 3 is 2.63 bits per heavy atom. The van der Waals surface area contributed by atoms with Crippen LogP contribution >= 0.6 is 11.3 Å². The van der Waals surface area contributed by atoms with Crippen molar-refractivity contribution in [3.05, 3.63) is 53.3 Å². The Balaban J connectivity index is 1.16. The van der Waals surface area contributed by atoms with E-state index in [9.17, 15) is 9.90 Å². The summed E-state index contributed by atoms with van der Waals surface area (Å²) in [7, 11) is 0. The van der Waals surface area contributed by atoms with Crippen LogP contribution in [0.5, 0.6) is 0 Å². The number of carbonyl (C=O) groups is 1. The minimum absolute atomic E-state index is 0.0530. The van der Waals surface area contributed by atoms with Gasteiger partial charge in [0, 0.05) is 37.3 Å². The van der Waals surface area contributed by atoms with Crippen molar-refractivity contribution in [3.63, 3.8) is 0 Å². The van der Waals surface area contributed by atoms with Crippen LogP contribution in [-0.2, 0) is 4.79 Å². The molecule has 1 aliphatic carbocycles. The molecule has 5 rings (SSSR count). The van der Waals surface area contributed by atoms with E-state index in [2.05, 4.69) is 15.7 Å². The lowest BCUT2D eigenvalue weighted by atomic mass is 9.82. The smallest absolute Gasteiger partial charge is 0.237 e. The van der Waals surface area contributed by atoms with Gasteiger partial charge in [-0.3, -0.25) is 10.2 Å². The van der Waals surface area contributed by atoms with Gasteiger partial charge in [0.25, 0.3) is 0 Å². The van der Waals surface area contributed by atoms with Crippen LogP contribution < -0.4 is 10.7 Å². The number of pyridine rings is 2. The van der Waals surface area contributed by atoms with Crippen LogP contribution in [0, 0.1) is 12.8 Å². The molecule has 1 saturated carbocycles. The second kappa shape index (κ2) is 10.8. The number of aryl methyl sites for hydroxylation is 1. The largest absolute Gasteiger partial charge is 0.393 e. The minimum Gasteiger partial charge on any atom is -0.393 e. The van der Waals surface area contributed by atoms with E-state index in [0.29, 0.717) is 5.92 Å². The summed E-state index contributed by atoms with van der Waals surface area (Å²) in [6.45, 7) is 3.48. The van der Waals surface area contributed by atoms with E-state index in [4.69, 9.17) is 9.97 Å². The predicted octanol–water partition coefficient (Wildman–Crippen LogP) is 4.41. The first kappa shape index (κ1) is 23.8. The van der Waals surface area contributed by atoms with Gasteiger partial charge in [-0.05, 0) is 75.3 Å². The molecule has 3 aromatic heterocycles. The third-order valence-electron chi connectivity index (χ3n) is 6.88. The zero-order chi connectivity index (χ0) is 24.2. The van der Waals surface area contributed by atoms with E-state index < -0.39 is 0 Å². The van der Waals surface area contributed by atoms with Crippen LogP contribution in [-0.4, -0.2) is 50.2 Å². The van der Waals surface area contributed by atoms with Gasteiger partial charge in [-0.1, -0.05) is 6.07 Å². The molecule has 1 saturated heterocycles. The number of hydrogen-bond donors (Lipinski definition) is 3. The standard InChI is InChI=1S/C26H32N6O2S/c1-17-9-12-27-24(15-17)30-23-4-2-3-21(29-23)22-16-28-26(35-22)19-7-5-18(6-8-19)25(34)31-32-13-10-20(33)11-14-32/h2-4,9,12,15-16,18-20,33H,5-8,10-11,13-14H2,1H3,(H,31,34)(H,27,29,30)/t18-,19-. The van der Waals surface area contributed by atoms with Gasteiger partial charge in [0.05, 0.1) is 21.7 Å². The summed E-state index contributed by atoms with van der Waals surface area (Å²) in [5.41, 5.74) is 5.10. The van der Waals surface area contributed by atoms with Gasteiger partial charge in [-0.25, -0.2) is 20.0 Å². The zero-order valence-electron chi connectivity index (χ0n) is 20.0. The number of hydrazine groups is 1. The molecule has 2 aliphatic rings. The Hall–Kier alpha value is -2.88. The number of carbonyl (C=O) groups excluding carboxylic acids is 1. The summed E-state index contributed by atoms with van der Waals surface area (Å²) in [6.07, 6.45) is 8.60. The summed E-state index contributed by atoms with van der Waals surface area (Å²) < 4.78 is 0. The topological polar surface area (TPSA) is 103 Å². The molecule has 0 atom stereocenters. The summed E-state index contributed by atoms with van der Waals surface area (Å²) >= 11 is 1.70. The summed E-state index contributed by atoms with van der Waals surface area (Å²) in [5, 5.41) is 16.0. The molecule has 3 aromatic rings. The Bertz CT molecular complexity index is 1150. The number of aliphatic hydroxyl groups is 1. The van der Waals surface area contributed by atoms with Gasteiger partial charge in [-0.2, -0.15) is 0 Å². The van der Waals surface area contributed by atoms with E-state index in [-0.39, 0.29) is 17.9 Å². The molecule has 0 aromatic carbocycles.